The number of fused-ring (bicyclic) bond motifs is 1. The molecule has 0 aliphatic heterocycles. The van der Waals surface area contributed by atoms with Crippen LogP contribution in [-0.2, 0) is 22.5 Å². The minimum atomic E-state index is -1.03. The molecule has 3 aromatic carbocycles. The number of nitrogens with one attached hydrogen (secondary N) is 1. The highest BCUT2D eigenvalue weighted by atomic mass is 32.2. The Morgan fingerprint density at radius 1 is 1.03 bits per heavy atom. The number of hydrogen-bond donors (Lipinski definition) is 1. The van der Waals surface area contributed by atoms with E-state index in [1.54, 1.807) is 12.3 Å². The number of hydrogen-bond acceptors (Lipinski definition) is 2. The maximum atomic E-state index is 14.1. The molecule has 0 radical (unpaired) electrons. The standard InChI is InChI=1S/C27H24FNO2S/c1-18-24(14-19-8-11-22(12-9-19)32(2)31)23-13-10-21(28)15-26(23)25(18)16-27(30)29-17-20-6-4-3-5-7-20/h3-15H,16-17H2,1-2H3,(H,29,30)/b24-14+. The summed E-state index contributed by atoms with van der Waals surface area (Å²) in [6.07, 6.45) is 3.86. The summed E-state index contributed by atoms with van der Waals surface area (Å²) in [4.78, 5) is 13.5. The van der Waals surface area contributed by atoms with Crippen molar-refractivity contribution in [3.8, 4) is 0 Å². The van der Waals surface area contributed by atoms with Crippen molar-refractivity contribution in [2.24, 2.45) is 0 Å². The van der Waals surface area contributed by atoms with Crippen molar-refractivity contribution in [3.63, 3.8) is 0 Å². The first-order chi connectivity index (χ1) is 15.4. The van der Waals surface area contributed by atoms with Gasteiger partial charge in [0.25, 0.3) is 0 Å². The number of rotatable bonds is 6. The molecule has 0 bridgehead atoms. The fourth-order valence-corrected chi connectivity index (χ4v) is 4.44. The molecular weight excluding hydrogens is 421 g/mol. The van der Waals surface area contributed by atoms with Crippen molar-refractivity contribution < 1.29 is 13.7 Å². The summed E-state index contributed by atoms with van der Waals surface area (Å²) < 4.78 is 25.7. The van der Waals surface area contributed by atoms with Crippen LogP contribution in [0.3, 0.4) is 0 Å². The molecule has 3 nitrogen and oxygen atoms in total. The number of carbonyl (C=O) groups is 1. The average Bonchev–Trinajstić information content (AvgIpc) is 3.04. The number of allylic oxidation sites excluding steroid dienone is 2. The first-order valence-corrected chi connectivity index (χ1v) is 11.9. The van der Waals surface area contributed by atoms with Crippen LogP contribution in [0.4, 0.5) is 4.39 Å². The zero-order chi connectivity index (χ0) is 22.7. The van der Waals surface area contributed by atoms with Crippen LogP contribution in [0.2, 0.25) is 0 Å². The van der Waals surface area contributed by atoms with Crippen molar-refractivity contribution in [1.29, 1.82) is 0 Å². The van der Waals surface area contributed by atoms with Crippen LogP contribution in [0.15, 0.2) is 83.3 Å². The second kappa shape index (κ2) is 9.55. The Morgan fingerprint density at radius 2 is 1.75 bits per heavy atom. The molecule has 162 valence electrons. The van der Waals surface area contributed by atoms with Crippen molar-refractivity contribution in [2.45, 2.75) is 24.8 Å². The van der Waals surface area contributed by atoms with E-state index < -0.39 is 11.2 Å². The third kappa shape index (κ3) is 4.85. The normalized spacial score (nSPS) is 15.1. The Kier molecular flexibility index (Phi) is 6.58. The number of carbonyl (C=O) groups excluding carboxylic acids is 1. The lowest BCUT2D eigenvalue weighted by Crippen LogP contribution is -2.22. The zero-order valence-corrected chi connectivity index (χ0v) is 18.8. The topological polar surface area (TPSA) is 52.2 Å². The zero-order valence-electron chi connectivity index (χ0n) is 18.0. The molecule has 1 unspecified atom stereocenters. The van der Waals surface area contributed by atoms with Gasteiger partial charge in [-0.1, -0.05) is 36.4 Å². The SMILES string of the molecule is CC1=C(CC(=O)NCc2ccccc2)c2cc(F)ccc2/C1=C/c1ccc([S+](C)[O-])cc1. The fourth-order valence-electron chi connectivity index (χ4n) is 3.92. The van der Waals surface area contributed by atoms with E-state index in [1.807, 2.05) is 67.6 Å². The van der Waals surface area contributed by atoms with Crippen molar-refractivity contribution in [3.05, 3.63) is 106 Å². The third-order valence-corrected chi connectivity index (χ3v) is 6.58. The summed E-state index contributed by atoms with van der Waals surface area (Å²) in [7, 11) is 0. The van der Waals surface area contributed by atoms with Gasteiger partial charge >= 0.3 is 0 Å². The van der Waals surface area contributed by atoms with Crippen LogP contribution in [0.5, 0.6) is 0 Å². The van der Waals surface area contributed by atoms with E-state index in [-0.39, 0.29) is 18.1 Å². The minimum absolute atomic E-state index is 0.102. The van der Waals surface area contributed by atoms with Gasteiger partial charge in [0.2, 0.25) is 5.91 Å². The van der Waals surface area contributed by atoms with Gasteiger partial charge in [0.15, 0.2) is 4.90 Å². The second-order valence-corrected chi connectivity index (χ2v) is 9.19. The second-order valence-electron chi connectivity index (χ2n) is 7.81. The maximum absolute atomic E-state index is 14.1. The molecule has 0 saturated carbocycles. The Labute approximate surface area is 190 Å². The molecular formula is C27H24FNO2S. The van der Waals surface area contributed by atoms with Crippen LogP contribution in [0.25, 0.3) is 17.2 Å². The highest BCUT2D eigenvalue weighted by molar-refractivity contribution is 7.90. The van der Waals surface area contributed by atoms with Crippen molar-refractivity contribution in [1.82, 2.24) is 5.32 Å². The van der Waals surface area contributed by atoms with Gasteiger partial charge in [0.1, 0.15) is 12.1 Å². The van der Waals surface area contributed by atoms with Crippen LogP contribution in [0.1, 0.15) is 35.6 Å². The van der Waals surface area contributed by atoms with Gasteiger partial charge < -0.3 is 9.87 Å². The van der Waals surface area contributed by atoms with E-state index in [4.69, 9.17) is 0 Å². The molecule has 1 aliphatic carbocycles. The van der Waals surface area contributed by atoms with Gasteiger partial charge in [-0.25, -0.2) is 4.39 Å². The van der Waals surface area contributed by atoms with Crippen molar-refractivity contribution >= 4 is 34.3 Å². The summed E-state index contributed by atoms with van der Waals surface area (Å²) in [6.45, 7) is 2.43. The molecule has 1 N–H and O–H groups in total. The van der Waals surface area contributed by atoms with Gasteiger partial charge in [-0.3, -0.25) is 4.79 Å². The van der Waals surface area contributed by atoms with E-state index in [9.17, 15) is 13.7 Å². The summed E-state index contributed by atoms with van der Waals surface area (Å²) in [6, 6.07) is 22.0. The maximum Gasteiger partial charge on any atom is 0.224 e. The first kappa shape index (κ1) is 22.1. The lowest BCUT2D eigenvalue weighted by molar-refractivity contribution is -0.120. The predicted octanol–water partition coefficient (Wildman–Crippen LogP) is 5.60. The highest BCUT2D eigenvalue weighted by Crippen LogP contribution is 2.43. The van der Waals surface area contributed by atoms with Crippen LogP contribution >= 0.6 is 0 Å². The number of halogens is 1. The van der Waals surface area contributed by atoms with Gasteiger partial charge in [-0.15, -0.1) is 0 Å². The molecule has 1 amide bonds. The Hall–Kier alpha value is -3.15. The van der Waals surface area contributed by atoms with Gasteiger partial charge in [0.05, 0.1) is 6.42 Å². The monoisotopic (exact) mass is 445 g/mol. The minimum Gasteiger partial charge on any atom is -0.612 e. The largest absolute Gasteiger partial charge is 0.612 e. The molecule has 1 aliphatic rings. The average molecular weight is 446 g/mol. The van der Waals surface area contributed by atoms with Crippen LogP contribution in [-0.4, -0.2) is 16.7 Å². The van der Waals surface area contributed by atoms with E-state index in [2.05, 4.69) is 5.32 Å². The van der Waals surface area contributed by atoms with E-state index in [0.29, 0.717) is 6.54 Å². The Bertz CT molecular complexity index is 1200. The van der Waals surface area contributed by atoms with E-state index >= 15 is 0 Å². The molecule has 0 spiro atoms. The summed E-state index contributed by atoms with van der Waals surface area (Å²) >= 11 is -1.03. The van der Waals surface area contributed by atoms with Gasteiger partial charge in [-0.2, -0.15) is 0 Å². The van der Waals surface area contributed by atoms with Gasteiger partial charge in [-0.05, 0) is 99.5 Å². The molecule has 5 heteroatoms. The fraction of sp³-hybridized carbons (Fsp3) is 0.148. The summed E-state index contributed by atoms with van der Waals surface area (Å²) in [5.74, 6) is -0.427. The molecule has 1 atom stereocenters. The quantitative estimate of drug-likeness (QED) is 0.502. The van der Waals surface area contributed by atoms with Crippen molar-refractivity contribution in [2.75, 3.05) is 6.26 Å². The molecule has 0 heterocycles. The van der Waals surface area contributed by atoms with Gasteiger partial charge in [0, 0.05) is 6.54 Å². The summed E-state index contributed by atoms with van der Waals surface area (Å²) in [5.41, 5.74) is 6.43. The molecule has 32 heavy (non-hydrogen) atoms. The molecule has 0 aromatic heterocycles. The molecule has 3 aromatic rings. The number of amides is 1. The van der Waals surface area contributed by atoms with E-state index in [1.165, 1.54) is 12.1 Å². The van der Waals surface area contributed by atoms with Crippen LogP contribution < -0.4 is 5.32 Å². The molecule has 0 saturated heterocycles. The third-order valence-electron chi connectivity index (χ3n) is 5.65. The first-order valence-electron chi connectivity index (χ1n) is 10.4. The smallest absolute Gasteiger partial charge is 0.224 e. The van der Waals surface area contributed by atoms with E-state index in [0.717, 1.165) is 43.9 Å². The number of benzene rings is 3. The lowest BCUT2D eigenvalue weighted by atomic mass is 10.0. The van der Waals surface area contributed by atoms with Crippen LogP contribution in [0, 0.1) is 5.82 Å². The lowest BCUT2D eigenvalue weighted by Gasteiger charge is -2.08. The Balaban J connectivity index is 1.61. The Morgan fingerprint density at radius 3 is 2.44 bits per heavy atom. The summed E-state index contributed by atoms with van der Waals surface area (Å²) in [5, 5.41) is 2.96. The molecule has 0 fully saturated rings. The predicted molar refractivity (Wildman–Crippen MR) is 129 cm³/mol. The molecule has 4 rings (SSSR count). The highest BCUT2D eigenvalue weighted by Gasteiger charge is 2.25.